The Bertz CT molecular complexity index is 298. The minimum Gasteiger partial charge on any atom is -0.377 e. The number of ether oxygens (including phenoxy) is 1. The highest BCUT2D eigenvalue weighted by Crippen LogP contribution is 1.94. The van der Waals surface area contributed by atoms with Gasteiger partial charge in [-0.25, -0.2) is 0 Å². The van der Waals surface area contributed by atoms with Gasteiger partial charge in [0, 0.05) is 13.6 Å². The number of H-pyrrole nitrogens is 1. The van der Waals surface area contributed by atoms with Gasteiger partial charge in [-0.05, 0) is 19.1 Å². The Labute approximate surface area is 87.8 Å². The molecule has 0 unspecified atom stereocenters. The summed E-state index contributed by atoms with van der Waals surface area (Å²) in [5, 5.41) is 12.8. The lowest BCUT2D eigenvalue weighted by atomic mass is 10.4. The van der Waals surface area contributed by atoms with Gasteiger partial charge in [-0.3, -0.25) is 4.79 Å². The highest BCUT2D eigenvalue weighted by Gasteiger charge is 2.15. The van der Waals surface area contributed by atoms with E-state index in [9.17, 15) is 4.79 Å². The van der Waals surface area contributed by atoms with Crippen molar-refractivity contribution in [1.29, 1.82) is 0 Å². The van der Waals surface area contributed by atoms with Crippen molar-refractivity contribution in [2.45, 2.75) is 20.0 Å². The molecule has 0 spiro atoms. The van der Waals surface area contributed by atoms with Crippen LogP contribution in [0.2, 0.25) is 0 Å². The Morgan fingerprint density at radius 2 is 2.33 bits per heavy atom. The van der Waals surface area contributed by atoms with Crippen molar-refractivity contribution in [3.63, 3.8) is 0 Å². The van der Waals surface area contributed by atoms with Gasteiger partial charge < -0.3 is 9.64 Å². The molecule has 1 amide bonds. The summed E-state index contributed by atoms with van der Waals surface area (Å²) in [5.74, 6) is -0.196. The fraction of sp³-hybridized carbons (Fsp3) is 0.750. The number of hydrogen-bond donors (Lipinski definition) is 1. The number of amides is 1. The first-order valence-corrected chi connectivity index (χ1v) is 4.71. The molecule has 0 aliphatic carbocycles. The number of likely N-dealkylation sites (N-methyl/N-ethyl adjacent to an activating group) is 1. The molecule has 0 saturated heterocycles. The molecule has 0 aliphatic heterocycles. The minimum absolute atomic E-state index is 0.0713. The predicted molar refractivity (Wildman–Crippen MR) is 52.2 cm³/mol. The molecule has 0 radical (unpaired) electrons. The Morgan fingerprint density at radius 1 is 1.60 bits per heavy atom. The van der Waals surface area contributed by atoms with Crippen molar-refractivity contribution in [1.82, 2.24) is 25.5 Å². The van der Waals surface area contributed by atoms with Crippen LogP contribution in [0.4, 0.5) is 0 Å². The summed E-state index contributed by atoms with van der Waals surface area (Å²) < 4.78 is 5.32. The van der Waals surface area contributed by atoms with E-state index in [1.807, 2.05) is 13.8 Å². The number of carbonyl (C=O) groups excluding carboxylic acids is 1. The lowest BCUT2D eigenvalue weighted by Gasteiger charge is -2.15. The van der Waals surface area contributed by atoms with Crippen LogP contribution in [0.1, 0.15) is 24.5 Å². The molecule has 0 bridgehead atoms. The van der Waals surface area contributed by atoms with Crippen molar-refractivity contribution in [3.8, 4) is 0 Å². The van der Waals surface area contributed by atoms with Crippen LogP contribution in [0.5, 0.6) is 0 Å². The molecule has 1 heterocycles. The largest absolute Gasteiger partial charge is 0.377 e. The van der Waals surface area contributed by atoms with Crippen molar-refractivity contribution in [2.24, 2.45) is 0 Å². The van der Waals surface area contributed by atoms with Gasteiger partial charge >= 0.3 is 0 Å². The molecule has 0 atom stereocenters. The Balaban J connectivity index is 2.34. The lowest BCUT2D eigenvalue weighted by molar-refractivity contribution is 0.0525. The van der Waals surface area contributed by atoms with Crippen molar-refractivity contribution in [2.75, 3.05) is 20.2 Å². The van der Waals surface area contributed by atoms with Gasteiger partial charge in [0.1, 0.15) is 0 Å². The van der Waals surface area contributed by atoms with Crippen LogP contribution in [0.3, 0.4) is 0 Å². The van der Waals surface area contributed by atoms with E-state index in [-0.39, 0.29) is 17.8 Å². The number of nitrogens with one attached hydrogen (secondary N) is 1. The highest BCUT2D eigenvalue weighted by molar-refractivity contribution is 5.89. The number of rotatable bonds is 5. The predicted octanol–water partition coefficient (Wildman–Crippen LogP) is -0.303. The van der Waals surface area contributed by atoms with Gasteiger partial charge in [-0.15, -0.1) is 10.2 Å². The molecule has 1 aromatic rings. The molecule has 1 rings (SSSR count). The summed E-state index contributed by atoms with van der Waals surface area (Å²) >= 11 is 0. The van der Waals surface area contributed by atoms with E-state index in [4.69, 9.17) is 4.74 Å². The van der Waals surface area contributed by atoms with Crippen LogP contribution < -0.4 is 0 Å². The van der Waals surface area contributed by atoms with Gasteiger partial charge in [0.15, 0.2) is 0 Å². The molecule has 1 aromatic heterocycles. The number of aromatic amines is 1. The van der Waals surface area contributed by atoms with E-state index in [0.29, 0.717) is 13.2 Å². The number of tetrazole rings is 1. The SMILES string of the molecule is CC(C)OCCN(C)C(=O)c1nn[nH]n1. The van der Waals surface area contributed by atoms with E-state index in [0.717, 1.165) is 0 Å². The second-order valence-corrected chi connectivity index (χ2v) is 3.38. The monoisotopic (exact) mass is 213 g/mol. The summed E-state index contributed by atoms with van der Waals surface area (Å²) in [6.45, 7) is 4.89. The average Bonchev–Trinajstić information content (AvgIpc) is 2.68. The first-order chi connectivity index (χ1) is 7.11. The quantitative estimate of drug-likeness (QED) is 0.725. The molecule has 7 nitrogen and oxygen atoms in total. The van der Waals surface area contributed by atoms with E-state index in [1.54, 1.807) is 7.05 Å². The summed E-state index contributed by atoms with van der Waals surface area (Å²) in [6.07, 6.45) is 0.165. The second kappa shape index (κ2) is 5.40. The normalized spacial score (nSPS) is 10.7. The molecule has 0 aromatic carbocycles. The fourth-order valence-corrected chi connectivity index (χ4v) is 0.950. The van der Waals surface area contributed by atoms with Crippen LogP contribution in [0.15, 0.2) is 0 Å². The van der Waals surface area contributed by atoms with E-state index in [2.05, 4.69) is 20.6 Å². The van der Waals surface area contributed by atoms with E-state index < -0.39 is 0 Å². The first kappa shape index (κ1) is 11.6. The number of nitrogens with zero attached hydrogens (tertiary/aromatic N) is 4. The molecule has 0 saturated carbocycles. The molecular weight excluding hydrogens is 198 g/mol. The molecule has 0 fully saturated rings. The number of aromatic nitrogens is 4. The molecule has 84 valence electrons. The van der Waals surface area contributed by atoms with Crippen molar-refractivity contribution < 1.29 is 9.53 Å². The molecule has 0 aliphatic rings. The maximum Gasteiger partial charge on any atom is 0.295 e. The zero-order chi connectivity index (χ0) is 11.3. The van der Waals surface area contributed by atoms with Crippen LogP contribution in [-0.2, 0) is 4.74 Å². The second-order valence-electron chi connectivity index (χ2n) is 3.38. The molecule has 15 heavy (non-hydrogen) atoms. The van der Waals surface area contributed by atoms with E-state index in [1.165, 1.54) is 4.90 Å². The van der Waals surface area contributed by atoms with Gasteiger partial charge in [0.05, 0.1) is 12.7 Å². The summed E-state index contributed by atoms with van der Waals surface area (Å²) in [4.78, 5) is 13.1. The van der Waals surface area contributed by atoms with Gasteiger partial charge in [0.2, 0.25) is 0 Å². The van der Waals surface area contributed by atoms with Crippen molar-refractivity contribution in [3.05, 3.63) is 5.82 Å². The third-order valence-corrected chi connectivity index (χ3v) is 1.76. The molecule has 1 N–H and O–H groups in total. The molecule has 7 heteroatoms. The zero-order valence-corrected chi connectivity index (χ0v) is 9.10. The highest BCUT2D eigenvalue weighted by atomic mass is 16.5. The van der Waals surface area contributed by atoms with E-state index >= 15 is 0 Å². The fourth-order valence-electron chi connectivity index (χ4n) is 0.950. The maximum absolute atomic E-state index is 11.6. The summed E-state index contributed by atoms with van der Waals surface area (Å²) in [7, 11) is 1.67. The smallest absolute Gasteiger partial charge is 0.295 e. The van der Waals surface area contributed by atoms with Crippen LogP contribution in [0.25, 0.3) is 0 Å². The standard InChI is InChI=1S/C8H15N5O2/c1-6(2)15-5-4-13(3)8(14)7-9-11-12-10-7/h6H,4-5H2,1-3H3,(H,9,10,11,12). The summed E-state index contributed by atoms with van der Waals surface area (Å²) in [6, 6.07) is 0. The van der Waals surface area contributed by atoms with Crippen LogP contribution >= 0.6 is 0 Å². The maximum atomic E-state index is 11.6. The Kier molecular flexibility index (Phi) is 4.17. The van der Waals surface area contributed by atoms with Gasteiger partial charge in [0.25, 0.3) is 11.7 Å². The average molecular weight is 213 g/mol. The van der Waals surface area contributed by atoms with Crippen LogP contribution in [0, 0.1) is 0 Å². The Hall–Kier alpha value is -1.50. The lowest BCUT2D eigenvalue weighted by Crippen LogP contribution is -2.31. The van der Waals surface area contributed by atoms with Gasteiger partial charge in [-0.2, -0.15) is 5.21 Å². The van der Waals surface area contributed by atoms with Crippen LogP contribution in [-0.4, -0.2) is 57.7 Å². The minimum atomic E-state index is -0.267. The zero-order valence-electron chi connectivity index (χ0n) is 9.10. The van der Waals surface area contributed by atoms with Crippen molar-refractivity contribution >= 4 is 5.91 Å². The van der Waals surface area contributed by atoms with Gasteiger partial charge in [-0.1, -0.05) is 0 Å². The first-order valence-electron chi connectivity index (χ1n) is 4.71. The topological polar surface area (TPSA) is 84.0 Å². The molecular formula is C8H15N5O2. The number of hydrogen-bond acceptors (Lipinski definition) is 5. The third kappa shape index (κ3) is 3.62. The number of carbonyl (C=O) groups is 1. The Morgan fingerprint density at radius 3 is 2.87 bits per heavy atom. The summed E-state index contributed by atoms with van der Waals surface area (Å²) in [5.41, 5.74) is 0. The third-order valence-electron chi connectivity index (χ3n) is 1.76.